The molecule has 0 aliphatic carbocycles. The molecule has 0 aliphatic heterocycles. The van der Waals surface area contributed by atoms with Crippen LogP contribution >= 0.6 is 0 Å². The molecule has 0 bridgehead atoms. The fourth-order valence-electron chi connectivity index (χ4n) is 2.47. The number of methoxy groups -OCH3 is 1. The summed E-state index contributed by atoms with van der Waals surface area (Å²) in [4.78, 5) is 12.7. The van der Waals surface area contributed by atoms with Gasteiger partial charge in [0.05, 0.1) is 12.0 Å². The summed E-state index contributed by atoms with van der Waals surface area (Å²) in [6.45, 7) is 5.98. The summed E-state index contributed by atoms with van der Waals surface area (Å²) in [5.74, 6) is -0.0138. The van der Waals surface area contributed by atoms with Crippen LogP contribution < -0.4 is 20.5 Å². The molecule has 0 aliphatic rings. The first kappa shape index (κ1) is 22.4. The molecule has 0 spiro atoms. The van der Waals surface area contributed by atoms with Crippen LogP contribution in [0.1, 0.15) is 40.0 Å². The number of ether oxygens (including phenoxy) is 1. The molecule has 7 nitrogen and oxygen atoms in total. The van der Waals surface area contributed by atoms with Crippen LogP contribution in [0.15, 0.2) is 29.2 Å². The number of nitrogens with one attached hydrogen (secondary N) is 2. The second-order valence-electron chi connectivity index (χ2n) is 6.60. The number of carbonyl (C=O) groups excluding carboxylic acids is 1. The monoisotopic (exact) mass is 385 g/mol. The minimum atomic E-state index is -3.83. The van der Waals surface area contributed by atoms with E-state index in [9.17, 15) is 13.2 Å². The molecule has 0 fully saturated rings. The van der Waals surface area contributed by atoms with Gasteiger partial charge in [-0.05, 0) is 36.6 Å². The van der Waals surface area contributed by atoms with Crippen LogP contribution in [0.2, 0.25) is 0 Å². The molecule has 1 amide bonds. The number of carbonyl (C=O) groups is 1. The Morgan fingerprint density at radius 1 is 1.23 bits per heavy atom. The van der Waals surface area contributed by atoms with Crippen LogP contribution in [0, 0.1) is 5.92 Å². The van der Waals surface area contributed by atoms with Crippen LogP contribution in [-0.2, 0) is 14.8 Å². The van der Waals surface area contributed by atoms with Crippen molar-refractivity contribution in [3.63, 3.8) is 0 Å². The minimum Gasteiger partial charge on any atom is -0.497 e. The highest BCUT2D eigenvalue weighted by atomic mass is 32.2. The van der Waals surface area contributed by atoms with Gasteiger partial charge in [-0.15, -0.1) is 0 Å². The average molecular weight is 386 g/mol. The van der Waals surface area contributed by atoms with Gasteiger partial charge in [0, 0.05) is 12.6 Å². The first-order valence-corrected chi connectivity index (χ1v) is 10.4. The summed E-state index contributed by atoms with van der Waals surface area (Å²) in [7, 11) is -2.32. The van der Waals surface area contributed by atoms with E-state index in [-0.39, 0.29) is 22.8 Å². The highest BCUT2D eigenvalue weighted by Crippen LogP contribution is 2.17. The summed E-state index contributed by atoms with van der Waals surface area (Å²) < 4.78 is 32.8. The van der Waals surface area contributed by atoms with Gasteiger partial charge in [0.15, 0.2) is 0 Å². The molecule has 0 saturated heterocycles. The maximum Gasteiger partial charge on any atom is 0.241 e. The van der Waals surface area contributed by atoms with Gasteiger partial charge in [0.1, 0.15) is 11.8 Å². The molecule has 0 saturated carbocycles. The van der Waals surface area contributed by atoms with E-state index in [1.54, 1.807) is 26.0 Å². The van der Waals surface area contributed by atoms with Gasteiger partial charge in [-0.2, -0.15) is 4.72 Å². The van der Waals surface area contributed by atoms with Crippen molar-refractivity contribution in [2.45, 2.75) is 57.0 Å². The summed E-state index contributed by atoms with van der Waals surface area (Å²) >= 11 is 0. The van der Waals surface area contributed by atoms with E-state index in [1.807, 2.05) is 0 Å². The Labute approximate surface area is 156 Å². The molecule has 0 radical (unpaired) electrons. The molecule has 4 N–H and O–H groups in total. The lowest BCUT2D eigenvalue weighted by molar-refractivity contribution is -0.124. The van der Waals surface area contributed by atoms with Gasteiger partial charge >= 0.3 is 0 Å². The van der Waals surface area contributed by atoms with E-state index in [2.05, 4.69) is 17.0 Å². The van der Waals surface area contributed by atoms with E-state index in [4.69, 9.17) is 10.5 Å². The van der Waals surface area contributed by atoms with Crippen LogP contribution in [0.25, 0.3) is 0 Å². The van der Waals surface area contributed by atoms with Crippen LogP contribution in [0.3, 0.4) is 0 Å². The zero-order valence-corrected chi connectivity index (χ0v) is 16.8. The number of hydrogen-bond acceptors (Lipinski definition) is 5. The fourth-order valence-corrected chi connectivity index (χ4v) is 3.82. The number of sulfonamides is 1. The molecule has 148 valence electrons. The standard InChI is InChI=1S/C18H31N3O4S/c1-5-6-7-14(12-19)20-18(22)17(13(2)3)21-26(23,24)16-10-8-15(25-4)9-11-16/h8-11,13-14,17,21H,5-7,12,19H2,1-4H3,(H,20,22). The first-order valence-electron chi connectivity index (χ1n) is 8.92. The summed E-state index contributed by atoms with van der Waals surface area (Å²) in [5, 5.41) is 2.86. The van der Waals surface area contributed by atoms with Crippen molar-refractivity contribution in [1.82, 2.24) is 10.0 Å². The van der Waals surface area contributed by atoms with Gasteiger partial charge < -0.3 is 15.8 Å². The third kappa shape index (κ3) is 6.59. The number of amides is 1. The number of rotatable bonds is 11. The van der Waals surface area contributed by atoms with Crippen molar-refractivity contribution in [2.75, 3.05) is 13.7 Å². The van der Waals surface area contributed by atoms with Crippen molar-refractivity contribution >= 4 is 15.9 Å². The van der Waals surface area contributed by atoms with Gasteiger partial charge in [0.25, 0.3) is 0 Å². The van der Waals surface area contributed by atoms with Crippen LogP contribution in [-0.4, -0.2) is 40.1 Å². The topological polar surface area (TPSA) is 111 Å². The Morgan fingerprint density at radius 2 is 1.85 bits per heavy atom. The van der Waals surface area contributed by atoms with Crippen molar-refractivity contribution in [3.8, 4) is 5.75 Å². The molecule has 26 heavy (non-hydrogen) atoms. The Kier molecular flexibility index (Phi) is 9.04. The maximum atomic E-state index is 12.6. The Balaban J connectivity index is 2.89. The Morgan fingerprint density at radius 3 is 2.31 bits per heavy atom. The highest BCUT2D eigenvalue weighted by molar-refractivity contribution is 7.89. The van der Waals surface area contributed by atoms with E-state index in [0.29, 0.717) is 12.3 Å². The largest absolute Gasteiger partial charge is 0.497 e. The molecule has 2 unspecified atom stereocenters. The van der Waals surface area contributed by atoms with E-state index >= 15 is 0 Å². The SMILES string of the molecule is CCCCC(CN)NC(=O)C(NS(=O)(=O)c1ccc(OC)cc1)C(C)C. The molecule has 1 aromatic carbocycles. The van der Waals surface area contributed by atoms with Gasteiger partial charge in [0.2, 0.25) is 15.9 Å². The molecule has 2 atom stereocenters. The molecule has 8 heteroatoms. The van der Waals surface area contributed by atoms with Crippen LogP contribution in [0.4, 0.5) is 0 Å². The molecule has 1 rings (SSSR count). The maximum absolute atomic E-state index is 12.6. The highest BCUT2D eigenvalue weighted by Gasteiger charge is 2.29. The Bertz CT molecular complexity index is 660. The smallest absolute Gasteiger partial charge is 0.241 e. The predicted molar refractivity (Wildman–Crippen MR) is 102 cm³/mol. The fraction of sp³-hybridized carbons (Fsp3) is 0.611. The predicted octanol–water partition coefficient (Wildman–Crippen LogP) is 1.63. The van der Waals surface area contributed by atoms with E-state index < -0.39 is 16.1 Å². The van der Waals surface area contributed by atoms with E-state index in [1.165, 1.54) is 19.2 Å². The summed E-state index contributed by atoms with van der Waals surface area (Å²) in [6.07, 6.45) is 2.73. The second-order valence-corrected chi connectivity index (χ2v) is 8.32. The normalized spacial score (nSPS) is 14.1. The summed E-state index contributed by atoms with van der Waals surface area (Å²) in [5.41, 5.74) is 5.72. The zero-order chi connectivity index (χ0) is 19.7. The van der Waals surface area contributed by atoms with Gasteiger partial charge in [-0.25, -0.2) is 8.42 Å². The third-order valence-corrected chi connectivity index (χ3v) is 5.60. The van der Waals surface area contributed by atoms with E-state index in [0.717, 1.165) is 19.3 Å². The van der Waals surface area contributed by atoms with Gasteiger partial charge in [-0.3, -0.25) is 4.79 Å². The third-order valence-electron chi connectivity index (χ3n) is 4.14. The van der Waals surface area contributed by atoms with Gasteiger partial charge in [-0.1, -0.05) is 33.6 Å². The first-order chi connectivity index (χ1) is 12.2. The van der Waals surface area contributed by atoms with Crippen LogP contribution in [0.5, 0.6) is 5.75 Å². The van der Waals surface area contributed by atoms with Crippen molar-refractivity contribution < 1.29 is 17.9 Å². The number of unbranched alkanes of at least 4 members (excludes halogenated alkanes) is 1. The lowest BCUT2D eigenvalue weighted by Crippen LogP contribution is -2.53. The molecule has 0 aromatic heterocycles. The molecular formula is C18H31N3O4S. The quantitative estimate of drug-likeness (QED) is 0.536. The average Bonchev–Trinajstić information content (AvgIpc) is 2.62. The number of nitrogens with two attached hydrogens (primary N) is 1. The van der Waals surface area contributed by atoms with Crippen molar-refractivity contribution in [2.24, 2.45) is 11.7 Å². The van der Waals surface area contributed by atoms with Crippen molar-refractivity contribution in [3.05, 3.63) is 24.3 Å². The number of hydrogen-bond donors (Lipinski definition) is 3. The number of benzene rings is 1. The van der Waals surface area contributed by atoms with Crippen molar-refractivity contribution in [1.29, 1.82) is 0 Å². The summed E-state index contributed by atoms with van der Waals surface area (Å²) in [6, 6.07) is 4.98. The lowest BCUT2D eigenvalue weighted by Gasteiger charge is -2.25. The minimum absolute atomic E-state index is 0.0816. The lowest BCUT2D eigenvalue weighted by atomic mass is 10.0. The molecular weight excluding hydrogens is 354 g/mol. The molecule has 0 heterocycles. The zero-order valence-electron chi connectivity index (χ0n) is 16.0. The Hall–Kier alpha value is -1.64. The molecule has 1 aromatic rings. The second kappa shape index (κ2) is 10.5.